The molecule has 188 valence electrons. The van der Waals surface area contributed by atoms with Gasteiger partial charge in [-0.15, -0.1) is 0 Å². The maximum absolute atomic E-state index is 14.1. The highest BCUT2D eigenvalue weighted by atomic mass is 19.1. The number of aryl methyl sites for hydroxylation is 2. The number of carbonyl (C=O) groups excluding carboxylic acids is 1. The van der Waals surface area contributed by atoms with Crippen molar-refractivity contribution in [1.82, 2.24) is 24.1 Å². The Morgan fingerprint density at radius 1 is 1.22 bits per heavy atom. The van der Waals surface area contributed by atoms with E-state index in [1.807, 2.05) is 19.9 Å². The van der Waals surface area contributed by atoms with Gasteiger partial charge in [0.25, 0.3) is 5.91 Å². The summed E-state index contributed by atoms with van der Waals surface area (Å²) in [5.41, 5.74) is 11.9. The molecule has 1 saturated carbocycles. The van der Waals surface area contributed by atoms with Crippen LogP contribution in [0.15, 0.2) is 30.5 Å². The van der Waals surface area contributed by atoms with Crippen molar-refractivity contribution in [2.75, 3.05) is 20.2 Å². The van der Waals surface area contributed by atoms with Gasteiger partial charge in [0.1, 0.15) is 28.8 Å². The van der Waals surface area contributed by atoms with Crippen molar-refractivity contribution in [1.29, 1.82) is 0 Å². The Kier molecular flexibility index (Phi) is 5.48. The molecular weight excluding hydrogens is 459 g/mol. The third kappa shape index (κ3) is 3.91. The minimum absolute atomic E-state index is 0.0456. The lowest BCUT2D eigenvalue weighted by Gasteiger charge is -2.33. The number of hydrogen-bond acceptors (Lipinski definition) is 5. The summed E-state index contributed by atoms with van der Waals surface area (Å²) in [6.45, 7) is 5.31. The molecule has 1 aliphatic carbocycles. The van der Waals surface area contributed by atoms with Crippen LogP contribution in [-0.2, 0) is 6.54 Å². The van der Waals surface area contributed by atoms with Crippen molar-refractivity contribution in [2.45, 2.75) is 51.9 Å². The van der Waals surface area contributed by atoms with E-state index < -0.39 is 6.17 Å². The molecule has 6 rings (SSSR count). The topological polar surface area (TPSA) is 90.7 Å². The van der Waals surface area contributed by atoms with E-state index in [0.717, 1.165) is 45.7 Å². The fourth-order valence-corrected chi connectivity index (χ4v) is 5.39. The Morgan fingerprint density at radius 2 is 2.03 bits per heavy atom. The van der Waals surface area contributed by atoms with E-state index in [2.05, 4.69) is 16.7 Å². The molecule has 4 aromatic heterocycles. The number of amides is 1. The summed E-state index contributed by atoms with van der Waals surface area (Å²) in [5, 5.41) is 6.02. The third-order valence-electron chi connectivity index (χ3n) is 7.38. The molecule has 5 heterocycles. The molecule has 0 aromatic carbocycles. The van der Waals surface area contributed by atoms with E-state index in [0.29, 0.717) is 23.8 Å². The number of halogens is 1. The lowest BCUT2D eigenvalue weighted by atomic mass is 10.0. The maximum Gasteiger partial charge on any atom is 0.255 e. The Morgan fingerprint density at radius 3 is 2.75 bits per heavy atom. The first kappa shape index (κ1) is 23.0. The SMILES string of the molecule is COc1cc(C(=O)N2C[C@H](N)C[C@@H](F)C2)cn2nc(-c3cc4ccc(C)nc4n3CC3CC3)c(C)c12. The summed E-state index contributed by atoms with van der Waals surface area (Å²) in [4.78, 5) is 19.6. The molecule has 2 N–H and O–H groups in total. The predicted octanol–water partition coefficient (Wildman–Crippen LogP) is 3.90. The number of carbonyl (C=O) groups is 1. The molecule has 1 aliphatic heterocycles. The zero-order chi connectivity index (χ0) is 25.1. The Bertz CT molecular complexity index is 1480. The van der Waals surface area contributed by atoms with Crippen molar-refractivity contribution >= 4 is 22.5 Å². The molecule has 36 heavy (non-hydrogen) atoms. The first-order chi connectivity index (χ1) is 17.3. The normalized spacial score (nSPS) is 20.4. The van der Waals surface area contributed by atoms with Gasteiger partial charge in [-0.3, -0.25) is 4.79 Å². The van der Waals surface area contributed by atoms with Crippen molar-refractivity contribution < 1.29 is 13.9 Å². The quantitative estimate of drug-likeness (QED) is 0.458. The molecule has 1 saturated heterocycles. The van der Waals surface area contributed by atoms with Crippen LogP contribution in [0, 0.1) is 19.8 Å². The number of nitrogens with two attached hydrogens (primary N) is 1. The summed E-state index contributed by atoms with van der Waals surface area (Å²) < 4.78 is 23.8. The van der Waals surface area contributed by atoms with Crippen LogP contribution in [0.5, 0.6) is 5.75 Å². The summed E-state index contributed by atoms with van der Waals surface area (Å²) in [7, 11) is 1.58. The number of piperidine rings is 1. The number of methoxy groups -OCH3 is 1. The predicted molar refractivity (Wildman–Crippen MR) is 136 cm³/mol. The second kappa shape index (κ2) is 8.58. The van der Waals surface area contributed by atoms with Crippen LogP contribution in [0.25, 0.3) is 27.9 Å². The molecule has 4 aromatic rings. The zero-order valence-corrected chi connectivity index (χ0v) is 20.9. The van der Waals surface area contributed by atoms with Crippen molar-refractivity contribution in [3.05, 3.63) is 47.3 Å². The molecule has 2 atom stereocenters. The molecule has 2 aliphatic rings. The highest BCUT2D eigenvalue weighted by molar-refractivity contribution is 5.96. The number of alkyl halides is 1. The molecule has 0 radical (unpaired) electrons. The third-order valence-corrected chi connectivity index (χ3v) is 7.38. The van der Waals surface area contributed by atoms with Gasteiger partial charge in [0.05, 0.1) is 24.9 Å². The molecule has 0 unspecified atom stereocenters. The standard InChI is InChI=1S/C27H31FN6O2/c1-15-4-7-18-8-22(33(26(18)30-15)11-17-5-6-17)24-16(2)25-23(36-3)9-19(12-34(25)31-24)27(35)32-13-20(28)10-21(29)14-32/h4,7-9,12,17,20-21H,5-6,10-11,13-14,29H2,1-3H3/t20-,21-/m1/s1. The van der Waals surface area contributed by atoms with Crippen molar-refractivity contribution in [2.24, 2.45) is 11.7 Å². The first-order valence-corrected chi connectivity index (χ1v) is 12.6. The fraction of sp³-hybridized carbons (Fsp3) is 0.444. The van der Waals surface area contributed by atoms with Crippen LogP contribution in [0.2, 0.25) is 0 Å². The molecule has 9 heteroatoms. The van der Waals surface area contributed by atoms with Crippen molar-refractivity contribution in [3.8, 4) is 17.1 Å². The van der Waals surface area contributed by atoms with Crippen molar-refractivity contribution in [3.63, 3.8) is 0 Å². The molecule has 1 amide bonds. The number of rotatable bonds is 5. The number of pyridine rings is 2. The lowest BCUT2D eigenvalue weighted by molar-refractivity contribution is 0.0606. The fourth-order valence-electron chi connectivity index (χ4n) is 5.39. The average Bonchev–Trinajstić information content (AvgIpc) is 3.52. The van der Waals surface area contributed by atoms with E-state index in [1.165, 1.54) is 17.7 Å². The zero-order valence-electron chi connectivity index (χ0n) is 20.9. The van der Waals surface area contributed by atoms with Crippen LogP contribution in [0.4, 0.5) is 4.39 Å². The Balaban J connectivity index is 1.47. The molecular formula is C27H31FN6O2. The van der Waals surface area contributed by atoms with E-state index in [9.17, 15) is 9.18 Å². The molecule has 0 spiro atoms. The number of hydrogen-bond donors (Lipinski definition) is 1. The van der Waals surface area contributed by atoms with Crippen LogP contribution in [0.1, 0.15) is 40.9 Å². The van der Waals surface area contributed by atoms with Crippen LogP contribution < -0.4 is 10.5 Å². The number of likely N-dealkylation sites (tertiary alicyclic amines) is 1. The highest BCUT2D eigenvalue weighted by Crippen LogP contribution is 2.38. The van der Waals surface area contributed by atoms with Gasteiger partial charge in [-0.2, -0.15) is 5.10 Å². The van der Waals surface area contributed by atoms with E-state index in [1.54, 1.807) is 23.9 Å². The van der Waals surface area contributed by atoms with Gasteiger partial charge in [0.15, 0.2) is 0 Å². The highest BCUT2D eigenvalue weighted by Gasteiger charge is 2.30. The number of ether oxygens (including phenoxy) is 1. The maximum atomic E-state index is 14.1. The average molecular weight is 491 g/mol. The first-order valence-electron chi connectivity index (χ1n) is 12.6. The second-order valence-corrected chi connectivity index (χ2v) is 10.3. The summed E-state index contributed by atoms with van der Waals surface area (Å²) in [6.07, 6.45) is 3.33. The Hall–Kier alpha value is -3.46. The Labute approximate surface area is 208 Å². The van der Waals surface area contributed by atoms with Crippen LogP contribution in [-0.4, -0.2) is 62.4 Å². The summed E-state index contributed by atoms with van der Waals surface area (Å²) >= 11 is 0. The minimum atomic E-state index is -1.12. The number of aromatic nitrogens is 4. The van der Waals surface area contributed by atoms with Gasteiger partial charge in [-0.25, -0.2) is 13.9 Å². The molecule has 2 fully saturated rings. The van der Waals surface area contributed by atoms with E-state index >= 15 is 0 Å². The van der Waals surface area contributed by atoms with Gasteiger partial charge in [-0.05, 0) is 63.3 Å². The second-order valence-electron chi connectivity index (χ2n) is 10.3. The number of fused-ring (bicyclic) bond motifs is 2. The van der Waals surface area contributed by atoms with E-state index in [-0.39, 0.29) is 24.9 Å². The van der Waals surface area contributed by atoms with Gasteiger partial charge in [0.2, 0.25) is 0 Å². The molecule has 0 bridgehead atoms. The largest absolute Gasteiger partial charge is 0.494 e. The van der Waals surface area contributed by atoms with Gasteiger partial charge >= 0.3 is 0 Å². The monoisotopic (exact) mass is 490 g/mol. The lowest BCUT2D eigenvalue weighted by Crippen LogP contribution is -2.50. The van der Waals surface area contributed by atoms with E-state index in [4.69, 9.17) is 20.6 Å². The van der Waals surface area contributed by atoms with Crippen LogP contribution in [0.3, 0.4) is 0 Å². The molecule has 8 nitrogen and oxygen atoms in total. The smallest absolute Gasteiger partial charge is 0.255 e. The van der Waals surface area contributed by atoms with Gasteiger partial charge in [-0.1, -0.05) is 0 Å². The van der Waals surface area contributed by atoms with Gasteiger partial charge in [0, 0.05) is 42.0 Å². The number of nitrogens with zero attached hydrogens (tertiary/aromatic N) is 5. The summed E-state index contributed by atoms with van der Waals surface area (Å²) in [5.74, 6) is 0.937. The van der Waals surface area contributed by atoms with Gasteiger partial charge < -0.3 is 19.9 Å². The minimum Gasteiger partial charge on any atom is -0.494 e. The summed E-state index contributed by atoms with van der Waals surface area (Å²) in [6, 6.07) is 7.63. The van der Waals surface area contributed by atoms with Crippen LogP contribution >= 0.6 is 0 Å².